The molecule has 0 N–H and O–H groups in total. The maximum atomic E-state index is 10.6. The Morgan fingerprint density at radius 2 is 2.12 bits per heavy atom. The van der Waals surface area contributed by atoms with Gasteiger partial charge in [0.05, 0.1) is 5.02 Å². The van der Waals surface area contributed by atoms with Crippen molar-refractivity contribution in [3.05, 3.63) is 28.2 Å². The molecule has 0 bridgehead atoms. The van der Waals surface area contributed by atoms with Gasteiger partial charge < -0.3 is 9.47 Å². The van der Waals surface area contributed by atoms with Crippen LogP contribution in [0.15, 0.2) is 18.2 Å². The normalized spacial score (nSPS) is 12.0. The predicted octanol–water partition coefficient (Wildman–Crippen LogP) is 3.32. The molecule has 3 nitrogen and oxygen atoms in total. The van der Waals surface area contributed by atoms with Gasteiger partial charge in [-0.1, -0.05) is 23.2 Å². The number of esters is 1. The molecule has 0 saturated heterocycles. The van der Waals surface area contributed by atoms with E-state index >= 15 is 0 Å². The Hall–Kier alpha value is -0.930. The lowest BCUT2D eigenvalue weighted by molar-refractivity contribution is -0.143. The highest BCUT2D eigenvalue weighted by atomic mass is 35.5. The van der Waals surface area contributed by atoms with Crippen LogP contribution in [-0.2, 0) is 9.53 Å². The zero-order chi connectivity index (χ0) is 12.1. The van der Waals surface area contributed by atoms with E-state index in [1.54, 1.807) is 25.1 Å². The zero-order valence-electron chi connectivity index (χ0n) is 9.00. The summed E-state index contributed by atoms with van der Waals surface area (Å²) in [5.74, 6) is 0.184. The minimum atomic E-state index is -0.336. The maximum Gasteiger partial charge on any atom is 0.302 e. The Labute approximate surface area is 104 Å². The number of halogens is 2. The molecule has 5 heteroatoms. The van der Waals surface area contributed by atoms with Gasteiger partial charge in [0.25, 0.3) is 0 Å². The van der Waals surface area contributed by atoms with Gasteiger partial charge in [0, 0.05) is 11.9 Å². The van der Waals surface area contributed by atoms with Crippen LogP contribution < -0.4 is 4.74 Å². The van der Waals surface area contributed by atoms with Crippen molar-refractivity contribution in [3.63, 3.8) is 0 Å². The second-order valence-corrected chi connectivity index (χ2v) is 4.15. The van der Waals surface area contributed by atoms with Crippen LogP contribution in [0.1, 0.15) is 13.8 Å². The number of ether oxygens (including phenoxy) is 2. The average Bonchev–Trinajstić information content (AvgIpc) is 2.19. The molecule has 0 amide bonds. The van der Waals surface area contributed by atoms with Crippen LogP contribution in [0.3, 0.4) is 0 Å². The third-order valence-corrected chi connectivity index (χ3v) is 2.27. The van der Waals surface area contributed by atoms with Gasteiger partial charge in [-0.05, 0) is 25.1 Å². The second-order valence-electron chi connectivity index (χ2n) is 3.31. The predicted molar refractivity (Wildman–Crippen MR) is 63.2 cm³/mol. The molecule has 16 heavy (non-hydrogen) atoms. The Morgan fingerprint density at radius 1 is 1.44 bits per heavy atom. The van der Waals surface area contributed by atoms with E-state index in [-0.39, 0.29) is 18.7 Å². The fraction of sp³-hybridized carbons (Fsp3) is 0.364. The highest BCUT2D eigenvalue weighted by Gasteiger charge is 2.09. The van der Waals surface area contributed by atoms with Crippen LogP contribution in [0.5, 0.6) is 5.75 Å². The number of rotatable bonds is 4. The van der Waals surface area contributed by atoms with Crippen molar-refractivity contribution in [2.24, 2.45) is 0 Å². The molecule has 0 aliphatic carbocycles. The van der Waals surface area contributed by atoms with Crippen molar-refractivity contribution >= 4 is 29.2 Å². The average molecular weight is 263 g/mol. The molecule has 1 atom stereocenters. The molecule has 0 aliphatic heterocycles. The lowest BCUT2D eigenvalue weighted by Crippen LogP contribution is -2.20. The zero-order valence-corrected chi connectivity index (χ0v) is 10.5. The fourth-order valence-electron chi connectivity index (χ4n) is 1.06. The summed E-state index contributed by atoms with van der Waals surface area (Å²) in [5.41, 5.74) is 0. The first-order chi connectivity index (χ1) is 7.49. The van der Waals surface area contributed by atoms with E-state index in [1.807, 2.05) is 0 Å². The van der Waals surface area contributed by atoms with Gasteiger partial charge in [-0.2, -0.15) is 0 Å². The molecular weight excluding hydrogens is 251 g/mol. The Morgan fingerprint density at radius 3 is 2.69 bits per heavy atom. The van der Waals surface area contributed by atoms with Gasteiger partial charge in [0.1, 0.15) is 18.5 Å². The summed E-state index contributed by atoms with van der Waals surface area (Å²) in [7, 11) is 0. The smallest absolute Gasteiger partial charge is 0.302 e. The van der Waals surface area contributed by atoms with Crippen LogP contribution in [0.4, 0.5) is 0 Å². The third-order valence-electron chi connectivity index (χ3n) is 1.74. The van der Waals surface area contributed by atoms with Gasteiger partial charge in [-0.3, -0.25) is 4.79 Å². The van der Waals surface area contributed by atoms with Crippen molar-refractivity contribution in [2.75, 3.05) is 6.61 Å². The topological polar surface area (TPSA) is 35.5 Å². The van der Waals surface area contributed by atoms with Crippen molar-refractivity contribution in [1.82, 2.24) is 0 Å². The van der Waals surface area contributed by atoms with Crippen molar-refractivity contribution in [1.29, 1.82) is 0 Å². The number of hydrogen-bond acceptors (Lipinski definition) is 3. The molecule has 0 fully saturated rings. The molecule has 0 radical (unpaired) electrons. The number of benzene rings is 1. The standard InChI is InChI=1S/C11H12Cl2O3/c1-7(6-15-8(2)14)16-11-4-3-9(12)5-10(11)13/h3-5,7H,6H2,1-2H3. The van der Waals surface area contributed by atoms with Crippen molar-refractivity contribution in [3.8, 4) is 5.75 Å². The first kappa shape index (κ1) is 13.1. The summed E-state index contributed by atoms with van der Waals surface area (Å²) < 4.78 is 10.3. The molecule has 88 valence electrons. The number of carbonyl (C=O) groups is 1. The number of hydrogen-bond donors (Lipinski definition) is 0. The molecule has 1 rings (SSSR count). The van der Waals surface area contributed by atoms with Crippen LogP contribution in [0.2, 0.25) is 10.0 Å². The van der Waals surface area contributed by atoms with Crippen molar-refractivity contribution in [2.45, 2.75) is 20.0 Å². The van der Waals surface area contributed by atoms with E-state index < -0.39 is 0 Å². The summed E-state index contributed by atoms with van der Waals surface area (Å²) in [6.07, 6.45) is -0.262. The Kier molecular flexibility index (Phi) is 4.90. The molecule has 1 aromatic carbocycles. The van der Waals surface area contributed by atoms with Gasteiger partial charge in [0.2, 0.25) is 0 Å². The van der Waals surface area contributed by atoms with E-state index in [0.717, 1.165) is 0 Å². The van der Waals surface area contributed by atoms with Gasteiger partial charge in [0.15, 0.2) is 0 Å². The lowest BCUT2D eigenvalue weighted by Gasteiger charge is -2.15. The first-order valence-corrected chi connectivity index (χ1v) is 5.49. The quantitative estimate of drug-likeness (QED) is 0.781. The van der Waals surface area contributed by atoms with E-state index in [1.165, 1.54) is 6.92 Å². The molecule has 1 aromatic rings. The largest absolute Gasteiger partial charge is 0.486 e. The van der Waals surface area contributed by atoms with E-state index in [2.05, 4.69) is 0 Å². The summed E-state index contributed by atoms with van der Waals surface area (Å²) in [5, 5.41) is 0.979. The summed E-state index contributed by atoms with van der Waals surface area (Å²) in [6, 6.07) is 4.95. The molecule has 0 aliphatic rings. The molecule has 0 spiro atoms. The van der Waals surface area contributed by atoms with E-state index in [4.69, 9.17) is 32.7 Å². The first-order valence-electron chi connectivity index (χ1n) is 4.74. The summed E-state index contributed by atoms with van der Waals surface area (Å²) in [6.45, 7) is 3.32. The maximum absolute atomic E-state index is 10.6. The van der Waals surface area contributed by atoms with Crippen LogP contribution in [0.25, 0.3) is 0 Å². The van der Waals surface area contributed by atoms with Gasteiger partial charge in [-0.15, -0.1) is 0 Å². The molecule has 0 saturated carbocycles. The van der Waals surface area contributed by atoms with Crippen LogP contribution in [-0.4, -0.2) is 18.7 Å². The summed E-state index contributed by atoms with van der Waals surface area (Å²) >= 11 is 11.7. The lowest BCUT2D eigenvalue weighted by atomic mass is 10.3. The van der Waals surface area contributed by atoms with Gasteiger partial charge in [-0.25, -0.2) is 0 Å². The molecule has 0 heterocycles. The molecule has 1 unspecified atom stereocenters. The van der Waals surface area contributed by atoms with E-state index in [9.17, 15) is 4.79 Å². The van der Waals surface area contributed by atoms with Crippen LogP contribution in [0, 0.1) is 0 Å². The molecular formula is C11H12Cl2O3. The number of carbonyl (C=O) groups excluding carboxylic acids is 1. The monoisotopic (exact) mass is 262 g/mol. The SMILES string of the molecule is CC(=O)OCC(C)Oc1ccc(Cl)cc1Cl. The fourth-order valence-corrected chi connectivity index (χ4v) is 1.51. The molecule has 0 aromatic heterocycles. The Balaban J connectivity index is 2.55. The highest BCUT2D eigenvalue weighted by Crippen LogP contribution is 2.28. The Bertz CT molecular complexity index is 379. The third kappa shape index (κ3) is 4.29. The van der Waals surface area contributed by atoms with E-state index in [0.29, 0.717) is 15.8 Å². The van der Waals surface area contributed by atoms with Crippen LogP contribution >= 0.6 is 23.2 Å². The minimum absolute atomic E-state index is 0.189. The van der Waals surface area contributed by atoms with Gasteiger partial charge >= 0.3 is 5.97 Å². The second kappa shape index (κ2) is 5.97. The summed E-state index contributed by atoms with van der Waals surface area (Å²) in [4.78, 5) is 10.6. The highest BCUT2D eigenvalue weighted by molar-refractivity contribution is 6.35. The van der Waals surface area contributed by atoms with Crippen molar-refractivity contribution < 1.29 is 14.3 Å². The minimum Gasteiger partial charge on any atom is -0.486 e.